The molecule has 2 atom stereocenters. The molecule has 1 aliphatic carbocycles. The van der Waals surface area contributed by atoms with Gasteiger partial charge in [-0.05, 0) is 37.3 Å². The van der Waals surface area contributed by atoms with Gasteiger partial charge in [-0.1, -0.05) is 30.3 Å². The van der Waals surface area contributed by atoms with Gasteiger partial charge in [0.25, 0.3) is 5.91 Å². The molecule has 0 spiro atoms. The van der Waals surface area contributed by atoms with E-state index in [0.29, 0.717) is 5.69 Å². The Bertz CT molecular complexity index is 782. The molecule has 1 fully saturated rings. The summed E-state index contributed by atoms with van der Waals surface area (Å²) in [6, 6.07) is 9.87. The lowest BCUT2D eigenvalue weighted by atomic mass is 9.91. The number of carbonyl (C=O) groups is 2. The molecule has 0 saturated heterocycles. The van der Waals surface area contributed by atoms with E-state index in [9.17, 15) is 9.59 Å². The highest BCUT2D eigenvalue weighted by Gasteiger charge is 2.25. The van der Waals surface area contributed by atoms with Crippen molar-refractivity contribution in [3.63, 3.8) is 0 Å². The lowest BCUT2D eigenvalue weighted by Crippen LogP contribution is -2.45. The maximum Gasteiger partial charge on any atom is 0.269 e. The number of aryl methyl sites for hydroxylation is 1. The Morgan fingerprint density at radius 3 is 2.58 bits per heavy atom. The minimum Gasteiger partial charge on any atom is -0.350 e. The van der Waals surface area contributed by atoms with Gasteiger partial charge in [0.1, 0.15) is 5.69 Å². The van der Waals surface area contributed by atoms with Crippen molar-refractivity contribution in [2.45, 2.75) is 37.8 Å². The third-order valence-corrected chi connectivity index (χ3v) is 4.63. The molecule has 2 N–H and O–H groups in total. The number of hydrogen-bond acceptors (Lipinski definition) is 3. The molecule has 2 aromatic rings. The molecule has 6 heteroatoms. The first-order valence-electron chi connectivity index (χ1n) is 8.92. The number of aromatic nitrogens is 2. The summed E-state index contributed by atoms with van der Waals surface area (Å²) in [7, 11) is 1.80. The maximum atomic E-state index is 12.3. The first-order chi connectivity index (χ1) is 12.6. The Labute approximate surface area is 153 Å². The number of amides is 2. The summed E-state index contributed by atoms with van der Waals surface area (Å²) in [4.78, 5) is 28.4. The second-order valence-electron chi connectivity index (χ2n) is 6.68. The van der Waals surface area contributed by atoms with Crippen LogP contribution >= 0.6 is 0 Å². The van der Waals surface area contributed by atoms with E-state index < -0.39 is 0 Å². The Kier molecular flexibility index (Phi) is 5.84. The first kappa shape index (κ1) is 17.9. The van der Waals surface area contributed by atoms with E-state index in [4.69, 9.17) is 0 Å². The van der Waals surface area contributed by atoms with Gasteiger partial charge in [0.05, 0.1) is 12.5 Å². The number of benzene rings is 1. The molecule has 0 aliphatic heterocycles. The molecule has 1 heterocycles. The molecule has 1 aromatic carbocycles. The van der Waals surface area contributed by atoms with Crippen LogP contribution in [0.4, 0.5) is 0 Å². The van der Waals surface area contributed by atoms with Crippen LogP contribution in [0.15, 0.2) is 48.9 Å². The second kappa shape index (κ2) is 8.47. The van der Waals surface area contributed by atoms with Crippen molar-refractivity contribution in [2.24, 2.45) is 7.05 Å². The van der Waals surface area contributed by atoms with E-state index in [1.54, 1.807) is 36.3 Å². The number of rotatable bonds is 5. The Hall–Kier alpha value is -2.89. The Morgan fingerprint density at radius 2 is 1.88 bits per heavy atom. The van der Waals surface area contributed by atoms with E-state index in [1.807, 2.05) is 30.3 Å². The SMILES string of the molecule is Cn1cncc1C(=O)N[C@@H]1CCC[C@@H](NC(=O)/C=C/c2ccccc2)C1. The van der Waals surface area contributed by atoms with Crippen molar-refractivity contribution >= 4 is 17.9 Å². The third-order valence-electron chi connectivity index (χ3n) is 4.63. The normalized spacial score (nSPS) is 20.0. The van der Waals surface area contributed by atoms with Crippen molar-refractivity contribution in [3.05, 3.63) is 60.2 Å². The van der Waals surface area contributed by atoms with Gasteiger partial charge in [-0.15, -0.1) is 0 Å². The number of nitrogens with one attached hydrogen (secondary N) is 2. The van der Waals surface area contributed by atoms with Gasteiger partial charge in [-0.3, -0.25) is 9.59 Å². The minimum atomic E-state index is -0.119. The zero-order chi connectivity index (χ0) is 18.4. The molecule has 1 saturated carbocycles. The van der Waals surface area contributed by atoms with Gasteiger partial charge in [-0.2, -0.15) is 0 Å². The topological polar surface area (TPSA) is 76.0 Å². The van der Waals surface area contributed by atoms with Gasteiger partial charge >= 0.3 is 0 Å². The van der Waals surface area contributed by atoms with E-state index in [1.165, 1.54) is 0 Å². The summed E-state index contributed by atoms with van der Waals surface area (Å²) < 4.78 is 1.70. The van der Waals surface area contributed by atoms with Crippen LogP contribution in [0.1, 0.15) is 41.7 Å². The third kappa shape index (κ3) is 4.81. The van der Waals surface area contributed by atoms with E-state index >= 15 is 0 Å². The number of carbonyl (C=O) groups excluding carboxylic acids is 2. The van der Waals surface area contributed by atoms with Crippen molar-refractivity contribution in [1.82, 2.24) is 20.2 Å². The highest BCUT2D eigenvalue weighted by atomic mass is 16.2. The zero-order valence-corrected chi connectivity index (χ0v) is 14.9. The molecule has 0 radical (unpaired) electrons. The van der Waals surface area contributed by atoms with E-state index in [0.717, 1.165) is 31.2 Å². The summed E-state index contributed by atoms with van der Waals surface area (Å²) >= 11 is 0. The van der Waals surface area contributed by atoms with Crippen LogP contribution in [0.2, 0.25) is 0 Å². The Balaban J connectivity index is 1.50. The van der Waals surface area contributed by atoms with Crippen LogP contribution in [-0.4, -0.2) is 33.4 Å². The van der Waals surface area contributed by atoms with Crippen LogP contribution in [0.3, 0.4) is 0 Å². The fourth-order valence-electron chi connectivity index (χ4n) is 3.27. The molecular formula is C20H24N4O2. The average molecular weight is 352 g/mol. The lowest BCUT2D eigenvalue weighted by molar-refractivity contribution is -0.117. The average Bonchev–Trinajstić information content (AvgIpc) is 3.07. The summed E-state index contributed by atoms with van der Waals surface area (Å²) in [6.45, 7) is 0. The molecule has 6 nitrogen and oxygen atoms in total. The lowest BCUT2D eigenvalue weighted by Gasteiger charge is -2.30. The van der Waals surface area contributed by atoms with Gasteiger partial charge in [0.15, 0.2) is 0 Å². The predicted octanol–water partition coefficient (Wildman–Crippen LogP) is 2.29. The fourth-order valence-corrected chi connectivity index (χ4v) is 3.27. The van der Waals surface area contributed by atoms with E-state index in [2.05, 4.69) is 15.6 Å². The van der Waals surface area contributed by atoms with Crippen LogP contribution < -0.4 is 10.6 Å². The van der Waals surface area contributed by atoms with Gasteiger partial charge in [-0.25, -0.2) is 4.98 Å². The molecule has 3 rings (SSSR count). The van der Waals surface area contributed by atoms with Crippen molar-refractivity contribution in [1.29, 1.82) is 0 Å². The van der Waals surface area contributed by atoms with Crippen LogP contribution in [0.25, 0.3) is 6.08 Å². The minimum absolute atomic E-state index is 0.0644. The van der Waals surface area contributed by atoms with Gasteiger partial charge in [0.2, 0.25) is 5.91 Å². The van der Waals surface area contributed by atoms with Crippen molar-refractivity contribution in [3.8, 4) is 0 Å². The molecule has 0 unspecified atom stereocenters. The maximum absolute atomic E-state index is 12.3. The Morgan fingerprint density at radius 1 is 1.15 bits per heavy atom. The molecule has 1 aliphatic rings. The van der Waals surface area contributed by atoms with E-state index in [-0.39, 0.29) is 23.9 Å². The first-order valence-corrected chi connectivity index (χ1v) is 8.92. The number of hydrogen-bond donors (Lipinski definition) is 2. The summed E-state index contributed by atoms with van der Waals surface area (Å²) in [6.07, 6.45) is 10.1. The summed E-state index contributed by atoms with van der Waals surface area (Å²) in [5.74, 6) is -0.219. The van der Waals surface area contributed by atoms with Crippen LogP contribution in [-0.2, 0) is 11.8 Å². The number of nitrogens with zero attached hydrogens (tertiary/aromatic N) is 2. The van der Waals surface area contributed by atoms with Crippen LogP contribution in [0, 0.1) is 0 Å². The van der Waals surface area contributed by atoms with Gasteiger partial charge in [0, 0.05) is 25.2 Å². The highest BCUT2D eigenvalue weighted by Crippen LogP contribution is 2.19. The standard InChI is InChI=1S/C20H24N4O2/c1-24-14-21-13-18(24)20(26)23-17-9-5-8-16(12-17)22-19(25)11-10-15-6-3-2-4-7-15/h2-4,6-7,10-11,13-14,16-17H,5,8-9,12H2,1H3,(H,22,25)(H,23,26)/b11-10+/t16-,17-/m1/s1. The molecule has 136 valence electrons. The molecule has 1 aromatic heterocycles. The number of imidazole rings is 1. The monoisotopic (exact) mass is 352 g/mol. The van der Waals surface area contributed by atoms with Crippen LogP contribution in [0.5, 0.6) is 0 Å². The molecule has 26 heavy (non-hydrogen) atoms. The second-order valence-corrected chi connectivity index (χ2v) is 6.68. The van der Waals surface area contributed by atoms with Crippen molar-refractivity contribution < 1.29 is 9.59 Å². The quantitative estimate of drug-likeness (QED) is 0.811. The van der Waals surface area contributed by atoms with Gasteiger partial charge < -0.3 is 15.2 Å². The zero-order valence-electron chi connectivity index (χ0n) is 14.9. The largest absolute Gasteiger partial charge is 0.350 e. The molecule has 0 bridgehead atoms. The summed E-state index contributed by atoms with van der Waals surface area (Å²) in [5.41, 5.74) is 1.54. The molecular weight excluding hydrogens is 328 g/mol. The predicted molar refractivity (Wildman–Crippen MR) is 100 cm³/mol. The molecule has 2 amide bonds. The smallest absolute Gasteiger partial charge is 0.269 e. The summed E-state index contributed by atoms with van der Waals surface area (Å²) in [5, 5.41) is 6.10. The fraction of sp³-hybridized carbons (Fsp3) is 0.350. The highest BCUT2D eigenvalue weighted by molar-refractivity contribution is 5.93. The van der Waals surface area contributed by atoms with Crippen molar-refractivity contribution in [2.75, 3.05) is 0 Å².